The van der Waals surface area contributed by atoms with Gasteiger partial charge in [-0.3, -0.25) is 4.39 Å². The summed E-state index contributed by atoms with van der Waals surface area (Å²) in [4.78, 5) is 0. The van der Waals surface area contributed by atoms with Crippen molar-refractivity contribution >= 4 is 0 Å². The Morgan fingerprint density at radius 3 is 2.43 bits per heavy atom. The summed E-state index contributed by atoms with van der Waals surface area (Å²) >= 11 is 0. The van der Waals surface area contributed by atoms with Crippen molar-refractivity contribution in [1.29, 1.82) is 0 Å². The van der Waals surface area contributed by atoms with Crippen LogP contribution in [-0.2, 0) is 0 Å². The van der Waals surface area contributed by atoms with Gasteiger partial charge >= 0.3 is 0 Å². The topological polar surface area (TPSA) is 0 Å². The number of alkyl halides is 1. The van der Waals surface area contributed by atoms with Crippen LogP contribution in [0, 0.1) is 5.92 Å². The van der Waals surface area contributed by atoms with Gasteiger partial charge in [0.2, 0.25) is 0 Å². The van der Waals surface area contributed by atoms with Crippen molar-refractivity contribution in [1.82, 2.24) is 0 Å². The first-order valence-corrected chi connectivity index (χ1v) is 5.18. The van der Waals surface area contributed by atoms with E-state index in [0.717, 1.165) is 12.0 Å². The molecule has 0 saturated heterocycles. The first-order valence-electron chi connectivity index (χ1n) is 5.18. The van der Waals surface area contributed by atoms with Gasteiger partial charge in [-0.25, -0.2) is 0 Å². The van der Waals surface area contributed by atoms with E-state index in [-0.39, 0.29) is 12.6 Å². The second-order valence-electron chi connectivity index (χ2n) is 3.77. The van der Waals surface area contributed by atoms with Gasteiger partial charge in [0.15, 0.2) is 0 Å². The molecule has 0 saturated carbocycles. The molecule has 14 heavy (non-hydrogen) atoms. The van der Waals surface area contributed by atoms with E-state index in [2.05, 4.69) is 26.0 Å². The molecule has 1 atom stereocenters. The number of allylic oxidation sites excluding steroid dienone is 6. The van der Waals surface area contributed by atoms with Gasteiger partial charge in [-0.05, 0) is 20.3 Å². The zero-order valence-electron chi connectivity index (χ0n) is 9.68. The molecule has 0 aromatic heterocycles. The molecular weight excluding hydrogens is 175 g/mol. The van der Waals surface area contributed by atoms with Crippen LogP contribution in [0.5, 0.6) is 0 Å². The fourth-order valence-electron chi connectivity index (χ4n) is 0.815. The molecule has 0 aliphatic heterocycles. The molecule has 0 fully saturated rings. The standard InChI is InChI=1S/C13H21F/c1-5-11(2)6-7-12(3)8-9-13(4)10-14/h6-9,13H,5,10H2,1-4H3/b9-8+,11-6-,12-7+. The van der Waals surface area contributed by atoms with Crippen molar-refractivity contribution in [2.24, 2.45) is 5.92 Å². The Morgan fingerprint density at radius 2 is 1.93 bits per heavy atom. The Balaban J connectivity index is 4.20. The van der Waals surface area contributed by atoms with Crippen molar-refractivity contribution in [2.45, 2.75) is 34.1 Å². The molecule has 80 valence electrons. The highest BCUT2D eigenvalue weighted by atomic mass is 19.1. The van der Waals surface area contributed by atoms with Crippen molar-refractivity contribution in [3.63, 3.8) is 0 Å². The van der Waals surface area contributed by atoms with Gasteiger partial charge in [-0.1, -0.05) is 49.3 Å². The molecule has 0 heterocycles. The summed E-state index contributed by atoms with van der Waals surface area (Å²) in [5, 5.41) is 0. The van der Waals surface area contributed by atoms with E-state index in [1.807, 2.05) is 26.0 Å². The minimum atomic E-state index is -0.284. The summed E-state index contributed by atoms with van der Waals surface area (Å²) in [6, 6.07) is 0. The summed E-state index contributed by atoms with van der Waals surface area (Å²) in [7, 11) is 0. The van der Waals surface area contributed by atoms with E-state index in [4.69, 9.17) is 0 Å². The van der Waals surface area contributed by atoms with Crippen LogP contribution < -0.4 is 0 Å². The smallest absolute Gasteiger partial charge is 0.0954 e. The second-order valence-corrected chi connectivity index (χ2v) is 3.77. The van der Waals surface area contributed by atoms with Crippen LogP contribution in [0.25, 0.3) is 0 Å². The average Bonchev–Trinajstić information content (AvgIpc) is 2.22. The largest absolute Gasteiger partial charge is 0.250 e. The fraction of sp³-hybridized carbons (Fsp3) is 0.538. The normalized spacial score (nSPS) is 16.4. The minimum absolute atomic E-state index is 0.0228. The summed E-state index contributed by atoms with van der Waals surface area (Å²) in [5.41, 5.74) is 2.52. The van der Waals surface area contributed by atoms with E-state index in [9.17, 15) is 4.39 Å². The van der Waals surface area contributed by atoms with Crippen molar-refractivity contribution < 1.29 is 4.39 Å². The molecule has 0 bridgehead atoms. The summed E-state index contributed by atoms with van der Waals surface area (Å²) in [6.07, 6.45) is 9.14. The van der Waals surface area contributed by atoms with Crippen LogP contribution in [0.1, 0.15) is 34.1 Å². The van der Waals surface area contributed by atoms with Gasteiger partial charge in [0.05, 0.1) is 6.67 Å². The summed E-state index contributed by atoms with van der Waals surface area (Å²) in [5.74, 6) is 0.0228. The highest BCUT2D eigenvalue weighted by Gasteiger charge is 1.92. The molecule has 1 heteroatoms. The number of hydrogen-bond acceptors (Lipinski definition) is 0. The molecule has 0 aliphatic carbocycles. The summed E-state index contributed by atoms with van der Waals surface area (Å²) in [6.45, 7) is 7.86. The Hall–Kier alpha value is -0.850. The Labute approximate surface area is 87.2 Å². The van der Waals surface area contributed by atoms with Crippen LogP contribution in [0.3, 0.4) is 0 Å². The Kier molecular flexibility index (Phi) is 7.09. The maximum absolute atomic E-state index is 12.1. The second kappa shape index (κ2) is 7.54. The van der Waals surface area contributed by atoms with Crippen molar-refractivity contribution in [3.05, 3.63) is 35.5 Å². The molecule has 0 rings (SSSR count). The lowest BCUT2D eigenvalue weighted by Crippen LogP contribution is -1.89. The third-order valence-corrected chi connectivity index (χ3v) is 2.12. The molecule has 0 aromatic carbocycles. The van der Waals surface area contributed by atoms with Crippen LogP contribution in [-0.4, -0.2) is 6.67 Å². The van der Waals surface area contributed by atoms with Gasteiger partial charge in [-0.2, -0.15) is 0 Å². The van der Waals surface area contributed by atoms with Gasteiger partial charge in [0.1, 0.15) is 0 Å². The molecule has 0 aromatic rings. The first-order chi connectivity index (χ1) is 6.60. The molecule has 0 aliphatic rings. The Morgan fingerprint density at radius 1 is 1.29 bits per heavy atom. The maximum Gasteiger partial charge on any atom is 0.0954 e. The fourth-order valence-corrected chi connectivity index (χ4v) is 0.815. The maximum atomic E-state index is 12.1. The van der Waals surface area contributed by atoms with E-state index in [0.29, 0.717) is 0 Å². The van der Waals surface area contributed by atoms with Gasteiger partial charge < -0.3 is 0 Å². The minimum Gasteiger partial charge on any atom is -0.250 e. The molecule has 0 nitrogen and oxygen atoms in total. The lowest BCUT2D eigenvalue weighted by atomic mass is 10.1. The molecule has 0 radical (unpaired) electrons. The van der Waals surface area contributed by atoms with Crippen molar-refractivity contribution in [2.75, 3.05) is 6.67 Å². The van der Waals surface area contributed by atoms with Crippen LogP contribution in [0.2, 0.25) is 0 Å². The Bertz CT molecular complexity index is 234. The highest BCUT2D eigenvalue weighted by molar-refractivity contribution is 5.23. The van der Waals surface area contributed by atoms with Gasteiger partial charge in [0, 0.05) is 5.92 Å². The van der Waals surface area contributed by atoms with Crippen LogP contribution >= 0.6 is 0 Å². The van der Waals surface area contributed by atoms with E-state index in [1.165, 1.54) is 5.57 Å². The SMILES string of the molecule is CC\C(C)=C/C=C(C)/C=C/C(C)CF. The van der Waals surface area contributed by atoms with Crippen LogP contribution in [0.4, 0.5) is 4.39 Å². The molecule has 0 spiro atoms. The highest BCUT2D eigenvalue weighted by Crippen LogP contribution is 2.04. The predicted octanol–water partition coefficient (Wildman–Crippen LogP) is 4.45. The molecule has 0 N–H and O–H groups in total. The third-order valence-electron chi connectivity index (χ3n) is 2.12. The lowest BCUT2D eigenvalue weighted by molar-refractivity contribution is 0.430. The summed E-state index contributed by atoms with van der Waals surface area (Å²) < 4.78 is 12.1. The monoisotopic (exact) mass is 196 g/mol. The van der Waals surface area contributed by atoms with Gasteiger partial charge in [-0.15, -0.1) is 0 Å². The lowest BCUT2D eigenvalue weighted by Gasteiger charge is -1.97. The quantitative estimate of drug-likeness (QED) is 0.570. The predicted molar refractivity (Wildman–Crippen MR) is 62.1 cm³/mol. The zero-order chi connectivity index (χ0) is 11.0. The molecular formula is C13H21F. The van der Waals surface area contributed by atoms with Gasteiger partial charge in [0.25, 0.3) is 0 Å². The van der Waals surface area contributed by atoms with Crippen LogP contribution in [0.15, 0.2) is 35.5 Å². The molecule has 1 unspecified atom stereocenters. The van der Waals surface area contributed by atoms with E-state index >= 15 is 0 Å². The first kappa shape index (κ1) is 13.2. The third kappa shape index (κ3) is 6.64. The van der Waals surface area contributed by atoms with Crippen molar-refractivity contribution in [3.8, 4) is 0 Å². The number of rotatable bonds is 5. The zero-order valence-corrected chi connectivity index (χ0v) is 9.68. The van der Waals surface area contributed by atoms with E-state index in [1.54, 1.807) is 0 Å². The van der Waals surface area contributed by atoms with E-state index < -0.39 is 0 Å². The number of halogens is 1. The molecule has 0 amide bonds. The number of hydrogen-bond donors (Lipinski definition) is 0. The average molecular weight is 196 g/mol.